The molecule has 4 aliphatic rings. The molecule has 0 saturated carbocycles. The first kappa shape index (κ1) is 123. The minimum Gasteiger partial charge on any atom is -0.478 e. The molecule has 4 unspecified atom stereocenters. The molecule has 798 valence electrons. The third kappa shape index (κ3) is 33.1. The number of fused-ring (bicyclic) bond motifs is 9. The van der Waals surface area contributed by atoms with Gasteiger partial charge in [0.05, 0.1) is 93.7 Å². The SMILES string of the molecule is C.C.CC(C)(C)OC(=O)n1c(-c2cc3ccccc3[nH]c2=O)cc2cc(CO[Si](C)(C)C(C)(C)C)ccc21.CC(C)(C)OC(=O)n1c(B(O)O)cc2cc(CO[Si](C)(C)C(C)(C)C)ccc21.CC(C)(C)OC(=O)n1ccc2cc(CO[Si](C)(C)C(C)(C)C)ccc21.Clc1nc2ccccc2cc1I.O=C(O)c1ccc2[nH]ccc2c1.O=C1NC2C=CC=CC2C=C1I.O=C1NC2C=CC=CC2C=C1I.OCc1ccc2[nH]ccc2c1. The molecule has 0 radical (unpaired) electrons. The molecular formula is C116H144BClI3N9O17Si3. The quantitative estimate of drug-likeness (QED) is 0.0224. The second-order valence-corrected chi connectivity index (χ2v) is 62.3. The topological polar surface area (TPSA) is 355 Å². The Labute approximate surface area is 929 Å². The molecule has 4 atom stereocenters. The molecular weight excluding hydrogens is 2300 g/mol. The summed E-state index contributed by atoms with van der Waals surface area (Å²) < 4.78 is 42.4. The second kappa shape index (κ2) is 51.2. The number of carboxylic acids is 1. The summed E-state index contributed by atoms with van der Waals surface area (Å²) in [7, 11) is -7.36. The summed E-state index contributed by atoms with van der Waals surface area (Å²) in [6.45, 7) is 51.4. The number of nitrogens with one attached hydrogen (secondary N) is 5. The minimum atomic E-state index is -1.92. The van der Waals surface area contributed by atoms with Crippen LogP contribution < -0.4 is 21.8 Å². The normalized spacial score (nSPS) is 15.4. The summed E-state index contributed by atoms with van der Waals surface area (Å²) in [5.41, 5.74) is 9.09. The molecule has 150 heavy (non-hydrogen) atoms. The predicted octanol–water partition coefficient (Wildman–Crippen LogP) is 28.4. The number of benzene rings is 7. The molecule has 0 fully saturated rings. The molecule has 26 nitrogen and oxygen atoms in total. The van der Waals surface area contributed by atoms with Crippen molar-refractivity contribution >= 4 is 229 Å². The van der Waals surface area contributed by atoms with E-state index < -0.39 is 67.0 Å². The van der Waals surface area contributed by atoms with Crippen LogP contribution in [-0.2, 0) is 63.5 Å². The van der Waals surface area contributed by atoms with Crippen LogP contribution in [0.3, 0.4) is 0 Å². The number of nitrogens with zero attached hydrogens (tertiary/aromatic N) is 4. The number of amides is 2. The number of para-hydroxylation sites is 2. The van der Waals surface area contributed by atoms with Crippen molar-refractivity contribution in [3.63, 3.8) is 0 Å². The molecule has 0 bridgehead atoms. The Morgan fingerprint density at radius 2 is 0.860 bits per heavy atom. The Bertz CT molecular complexity index is 7350. The largest absolute Gasteiger partial charge is 0.506 e. The van der Waals surface area contributed by atoms with Gasteiger partial charge in [-0.05, 0) is 339 Å². The van der Waals surface area contributed by atoms with Crippen LogP contribution in [0.15, 0.2) is 273 Å². The van der Waals surface area contributed by atoms with Crippen LogP contribution in [0.25, 0.3) is 87.6 Å². The molecule has 7 aromatic carbocycles. The van der Waals surface area contributed by atoms with Crippen molar-refractivity contribution in [1.29, 1.82) is 0 Å². The van der Waals surface area contributed by atoms with Crippen LogP contribution >= 0.6 is 79.4 Å². The third-order valence-electron chi connectivity index (χ3n) is 26.1. The van der Waals surface area contributed by atoms with E-state index in [0.717, 1.165) is 98.3 Å². The van der Waals surface area contributed by atoms with E-state index in [-0.39, 0.29) is 77.7 Å². The number of hydrogen-bond acceptors (Lipinski definition) is 17. The van der Waals surface area contributed by atoms with Gasteiger partial charge in [-0.2, -0.15) is 0 Å². The first-order valence-corrected chi connectivity index (χ1v) is 61.1. The fourth-order valence-corrected chi connectivity index (χ4v) is 19.5. The number of carbonyl (C=O) groups is 6. The maximum absolute atomic E-state index is 13.4. The Kier molecular flexibility index (Phi) is 41.8. The fraction of sp³-hybridized carbons (Fsp3) is 0.345. The first-order chi connectivity index (χ1) is 69.1. The number of halogens is 4. The predicted molar refractivity (Wildman–Crippen MR) is 644 cm³/mol. The van der Waals surface area contributed by atoms with E-state index in [0.29, 0.717) is 64.7 Å². The number of H-pyrrole nitrogens is 3. The average Bonchev–Trinajstić information content (AvgIpc) is 1.62. The van der Waals surface area contributed by atoms with E-state index >= 15 is 0 Å². The van der Waals surface area contributed by atoms with Gasteiger partial charge in [-0.3, -0.25) is 23.5 Å². The minimum absolute atomic E-state index is 0. The molecule has 0 saturated heterocycles. The monoisotopic (exact) mass is 2450 g/mol. The van der Waals surface area contributed by atoms with Gasteiger partial charge >= 0.3 is 31.4 Å². The molecule has 14 aromatic rings. The molecule has 7 aromatic heterocycles. The van der Waals surface area contributed by atoms with Crippen molar-refractivity contribution in [2.24, 2.45) is 11.8 Å². The van der Waals surface area contributed by atoms with E-state index in [1.807, 2.05) is 242 Å². The number of aliphatic hydroxyl groups excluding tert-OH is 1. The summed E-state index contributed by atoms with van der Waals surface area (Å²) in [6.07, 6.45) is 24.1. The van der Waals surface area contributed by atoms with E-state index in [9.17, 15) is 43.6 Å². The Balaban J connectivity index is 0.000000198. The van der Waals surface area contributed by atoms with Crippen LogP contribution in [0.2, 0.25) is 59.5 Å². The summed E-state index contributed by atoms with van der Waals surface area (Å²) in [5.74, 6) is -0.120. The van der Waals surface area contributed by atoms with Crippen molar-refractivity contribution in [2.45, 2.75) is 249 Å². The maximum Gasteiger partial charge on any atom is 0.506 e. The summed E-state index contributed by atoms with van der Waals surface area (Å²) in [5, 5.41) is 50.5. The second-order valence-electron chi connectivity index (χ2n) is 44.0. The molecule has 18 rings (SSSR count). The zero-order valence-electron chi connectivity index (χ0n) is 88.4. The third-order valence-corrected chi connectivity index (χ3v) is 42.6. The molecule has 2 aliphatic carbocycles. The van der Waals surface area contributed by atoms with Crippen LogP contribution in [-0.4, -0.2) is 151 Å². The molecule has 2 amide bonds. The van der Waals surface area contributed by atoms with Gasteiger partial charge in [-0.15, -0.1) is 0 Å². The number of aromatic nitrogens is 7. The van der Waals surface area contributed by atoms with E-state index in [1.165, 1.54) is 9.13 Å². The van der Waals surface area contributed by atoms with Gasteiger partial charge in [0.2, 0.25) is 0 Å². The molecule has 34 heteroatoms. The number of aromatic carboxylic acids is 1. The number of ether oxygens (including phenoxy) is 3. The number of carboxylic acid groups (broad SMARTS) is 1. The smallest absolute Gasteiger partial charge is 0.478 e. The van der Waals surface area contributed by atoms with Gasteiger partial charge in [0.1, 0.15) is 22.0 Å². The molecule has 9 heterocycles. The van der Waals surface area contributed by atoms with E-state index in [4.69, 9.17) is 49.3 Å². The maximum atomic E-state index is 13.4. The number of carbonyl (C=O) groups excluding carboxylic acids is 5. The van der Waals surface area contributed by atoms with Crippen molar-refractivity contribution < 1.29 is 76.5 Å². The number of pyridine rings is 2. The van der Waals surface area contributed by atoms with Gasteiger partial charge in [0.25, 0.3) is 17.4 Å². The highest BCUT2D eigenvalue weighted by atomic mass is 127. The van der Waals surface area contributed by atoms with Crippen LogP contribution in [0, 0.1) is 15.4 Å². The number of aromatic amines is 3. The highest BCUT2D eigenvalue weighted by molar-refractivity contribution is 14.1. The average molecular weight is 2450 g/mol. The van der Waals surface area contributed by atoms with Crippen LogP contribution in [0.5, 0.6) is 0 Å². The van der Waals surface area contributed by atoms with Crippen molar-refractivity contribution in [3.05, 3.63) is 315 Å². The fourth-order valence-electron chi connectivity index (χ4n) is 14.9. The number of rotatable bonds is 13. The van der Waals surface area contributed by atoms with E-state index in [1.54, 1.807) is 68.1 Å². The van der Waals surface area contributed by atoms with Gasteiger partial charge in [-0.25, -0.2) is 28.7 Å². The molecule has 0 spiro atoms. The summed E-state index contributed by atoms with van der Waals surface area (Å²) in [6, 6.07) is 57.4. The Hall–Kier alpha value is -10.9. The molecule has 2 aliphatic heterocycles. The lowest BCUT2D eigenvalue weighted by Crippen LogP contribution is -2.42. The number of aliphatic hydroxyl groups is 1. The van der Waals surface area contributed by atoms with Gasteiger partial charge in [0, 0.05) is 73.9 Å². The first-order valence-electron chi connectivity index (χ1n) is 48.8. The van der Waals surface area contributed by atoms with Gasteiger partial charge in [-0.1, -0.05) is 210 Å². The lowest BCUT2D eigenvalue weighted by Gasteiger charge is -2.36. The molecule has 9 N–H and O–H groups in total. The number of allylic oxidation sites excluding steroid dienone is 4. The highest BCUT2D eigenvalue weighted by Crippen LogP contribution is 2.42. The summed E-state index contributed by atoms with van der Waals surface area (Å²) in [4.78, 5) is 97.6. The van der Waals surface area contributed by atoms with E-state index in [2.05, 4.69) is 218 Å². The Morgan fingerprint density at radius 1 is 0.447 bits per heavy atom. The zero-order valence-corrected chi connectivity index (χ0v) is 98.7. The van der Waals surface area contributed by atoms with Gasteiger partial charge < -0.3 is 73.3 Å². The van der Waals surface area contributed by atoms with Crippen molar-refractivity contribution in [3.8, 4) is 11.3 Å². The van der Waals surface area contributed by atoms with Crippen LogP contribution in [0.1, 0.15) is 172 Å². The van der Waals surface area contributed by atoms with Crippen LogP contribution in [0.4, 0.5) is 14.4 Å². The standard InChI is InChI=1S/C29H36N2O4Si.C20H32BNO5Si.C20H31NO3Si.C9H5ClIN.2C9H8INO.C9H7NO2.C9H9NO.2CH4/c1-28(2,3)35-27(33)31-24-14-13-19(18-34-36(7,8)29(4,5)6)15-21(24)17-25(31)22-16-20-11-9-10-12-23(20)30-26(22)32;1-19(2,3)27-18(23)22-16-10-9-14(11-15(16)12-17(22)21(24)25)13-26-28(7,8)20(4,5)6;1-19(2,3)24-18(22)21-12-11-16-13-15(9-10-17(16)21)14-23-25(7,8)20(4,5)6;10-9-7(11)5-6-3-1-2-4-8(6)12-9;2*10-7-5-6-3-1-2-4-8(6)11-9(7)12;11-9(12)7-1-2-8-6(5-7)3-4-10-8;11-6-7-1-2-9-8(5-7)3-4-10-9;;/h9-17H,18H2,1-8H3,(H,30,32);9-12,24-25H,13H2,1-8H3;9-13H,14H2,1-8H3;1-5H;2*1-6,8H,(H,11,12);1-5,10H,(H,11,12);1-5,10-11H,6H2;2*1H4. The van der Waals surface area contributed by atoms with Gasteiger partial charge in [0.15, 0.2) is 25.0 Å². The zero-order chi connectivity index (χ0) is 109. The lowest BCUT2D eigenvalue weighted by atomic mass is 9.86. The Morgan fingerprint density at radius 3 is 1.34 bits per heavy atom. The van der Waals surface area contributed by atoms with Crippen molar-refractivity contribution in [2.75, 3.05) is 0 Å². The lowest BCUT2D eigenvalue weighted by molar-refractivity contribution is -0.118. The highest BCUT2D eigenvalue weighted by Gasteiger charge is 2.41. The summed E-state index contributed by atoms with van der Waals surface area (Å²) >= 11 is 12.2. The number of hydrogen-bond donors (Lipinski definition) is 9. The van der Waals surface area contributed by atoms with Crippen molar-refractivity contribution in [1.82, 2.24) is 44.3 Å².